The molecular formula is C22H24N4O4S. The van der Waals surface area contributed by atoms with Gasteiger partial charge < -0.3 is 10.1 Å². The summed E-state index contributed by atoms with van der Waals surface area (Å²) in [6.45, 7) is 3.58. The summed E-state index contributed by atoms with van der Waals surface area (Å²) in [6.07, 6.45) is 2.90. The summed E-state index contributed by atoms with van der Waals surface area (Å²) >= 11 is 5.01. The molecule has 0 aliphatic carbocycles. The molecule has 0 aliphatic heterocycles. The van der Waals surface area contributed by atoms with Crippen molar-refractivity contribution in [3.63, 3.8) is 0 Å². The molecule has 0 spiro atoms. The fraction of sp³-hybridized carbons (Fsp3) is 0.182. The topological polar surface area (TPSA) is 109 Å². The zero-order chi connectivity index (χ0) is 22.8. The van der Waals surface area contributed by atoms with Gasteiger partial charge in [0.05, 0.1) is 7.11 Å². The van der Waals surface area contributed by atoms with Gasteiger partial charge in [-0.1, -0.05) is 32.0 Å². The third-order valence-corrected chi connectivity index (χ3v) is 4.22. The van der Waals surface area contributed by atoms with Gasteiger partial charge in [-0.2, -0.15) is 0 Å². The van der Waals surface area contributed by atoms with E-state index in [4.69, 9.17) is 17.0 Å². The molecule has 0 aromatic heterocycles. The van der Waals surface area contributed by atoms with E-state index in [1.165, 1.54) is 6.08 Å². The van der Waals surface area contributed by atoms with Gasteiger partial charge in [-0.25, -0.2) is 0 Å². The van der Waals surface area contributed by atoms with Crippen LogP contribution in [0.15, 0.2) is 54.6 Å². The lowest BCUT2D eigenvalue weighted by atomic mass is 10.1. The van der Waals surface area contributed by atoms with Crippen molar-refractivity contribution in [2.75, 3.05) is 12.4 Å². The molecule has 31 heavy (non-hydrogen) atoms. The molecule has 9 heteroatoms. The number of hydrazine groups is 1. The van der Waals surface area contributed by atoms with E-state index in [0.29, 0.717) is 17.0 Å². The van der Waals surface area contributed by atoms with Gasteiger partial charge in [-0.05, 0) is 48.6 Å². The summed E-state index contributed by atoms with van der Waals surface area (Å²) < 4.78 is 5.21. The first-order valence-corrected chi connectivity index (χ1v) is 9.84. The molecule has 4 N–H and O–H groups in total. The van der Waals surface area contributed by atoms with Crippen LogP contribution in [0.1, 0.15) is 29.8 Å². The molecule has 8 nitrogen and oxygen atoms in total. The van der Waals surface area contributed by atoms with E-state index in [9.17, 15) is 14.4 Å². The summed E-state index contributed by atoms with van der Waals surface area (Å²) in [4.78, 5) is 35.9. The van der Waals surface area contributed by atoms with Crippen molar-refractivity contribution in [2.24, 2.45) is 5.92 Å². The summed E-state index contributed by atoms with van der Waals surface area (Å²) in [5.74, 6) is -0.548. The number of para-hydroxylation sites is 1. The van der Waals surface area contributed by atoms with Crippen molar-refractivity contribution in [1.82, 2.24) is 16.2 Å². The normalized spacial score (nSPS) is 10.5. The molecule has 0 heterocycles. The lowest BCUT2D eigenvalue weighted by Gasteiger charge is -2.11. The molecule has 2 aromatic carbocycles. The van der Waals surface area contributed by atoms with E-state index >= 15 is 0 Å². The van der Waals surface area contributed by atoms with E-state index in [1.54, 1.807) is 63.4 Å². The van der Waals surface area contributed by atoms with Crippen LogP contribution in [0, 0.1) is 5.92 Å². The van der Waals surface area contributed by atoms with E-state index in [0.717, 1.165) is 5.56 Å². The van der Waals surface area contributed by atoms with E-state index in [2.05, 4.69) is 21.5 Å². The zero-order valence-corrected chi connectivity index (χ0v) is 18.2. The molecule has 3 amide bonds. The number of thiocarbonyl (C=S) groups is 1. The number of carbonyl (C=O) groups is 3. The molecule has 0 saturated heterocycles. The number of anilines is 1. The molecular weight excluding hydrogens is 416 g/mol. The third-order valence-electron chi connectivity index (χ3n) is 4.02. The number of ether oxygens (including phenoxy) is 1. The van der Waals surface area contributed by atoms with Gasteiger partial charge in [0, 0.05) is 28.8 Å². The van der Waals surface area contributed by atoms with Crippen LogP contribution < -0.4 is 26.2 Å². The largest absolute Gasteiger partial charge is 0.496 e. The highest BCUT2D eigenvalue weighted by atomic mass is 32.1. The van der Waals surface area contributed by atoms with E-state index < -0.39 is 11.8 Å². The average Bonchev–Trinajstić information content (AvgIpc) is 2.76. The van der Waals surface area contributed by atoms with Crippen molar-refractivity contribution < 1.29 is 19.1 Å². The number of methoxy groups -OCH3 is 1. The molecule has 0 aliphatic rings. The van der Waals surface area contributed by atoms with Crippen molar-refractivity contribution >= 4 is 46.8 Å². The van der Waals surface area contributed by atoms with Crippen molar-refractivity contribution in [3.8, 4) is 5.75 Å². The Kier molecular flexibility index (Phi) is 8.71. The van der Waals surface area contributed by atoms with E-state index in [1.807, 2.05) is 12.1 Å². The Morgan fingerprint density at radius 2 is 1.68 bits per heavy atom. The second-order valence-corrected chi connectivity index (χ2v) is 7.10. The number of hydrogen-bond acceptors (Lipinski definition) is 5. The van der Waals surface area contributed by atoms with Gasteiger partial charge in [-0.3, -0.25) is 30.6 Å². The van der Waals surface area contributed by atoms with Gasteiger partial charge in [0.2, 0.25) is 11.8 Å². The predicted molar refractivity (Wildman–Crippen MR) is 123 cm³/mol. The Morgan fingerprint density at radius 1 is 1.00 bits per heavy atom. The molecule has 2 rings (SSSR count). The van der Waals surface area contributed by atoms with Crippen molar-refractivity contribution in [2.45, 2.75) is 13.8 Å². The van der Waals surface area contributed by atoms with Crippen LogP contribution in [-0.2, 0) is 9.59 Å². The van der Waals surface area contributed by atoms with Gasteiger partial charge in [0.15, 0.2) is 5.11 Å². The van der Waals surface area contributed by atoms with Crippen molar-refractivity contribution in [3.05, 3.63) is 65.7 Å². The summed E-state index contributed by atoms with van der Waals surface area (Å²) in [5, 5.41) is 5.10. The van der Waals surface area contributed by atoms with Gasteiger partial charge in [0.25, 0.3) is 5.91 Å². The molecule has 162 valence electrons. The minimum atomic E-state index is -0.470. The number of nitrogens with one attached hydrogen (secondary N) is 4. The fourth-order valence-corrected chi connectivity index (χ4v) is 2.48. The molecule has 0 saturated carbocycles. The van der Waals surface area contributed by atoms with Gasteiger partial charge in [-0.15, -0.1) is 0 Å². The first kappa shape index (κ1) is 23.6. The maximum Gasteiger partial charge on any atom is 0.269 e. The van der Waals surface area contributed by atoms with Crippen LogP contribution in [0.2, 0.25) is 0 Å². The van der Waals surface area contributed by atoms with Crippen LogP contribution in [0.5, 0.6) is 5.75 Å². The van der Waals surface area contributed by atoms with Crippen LogP contribution in [-0.4, -0.2) is 29.9 Å². The molecule has 0 fully saturated rings. The van der Waals surface area contributed by atoms with Crippen LogP contribution in [0.25, 0.3) is 6.08 Å². The van der Waals surface area contributed by atoms with E-state index in [-0.39, 0.29) is 16.9 Å². The smallest absolute Gasteiger partial charge is 0.269 e. The minimum Gasteiger partial charge on any atom is -0.496 e. The monoisotopic (exact) mass is 440 g/mol. The highest BCUT2D eigenvalue weighted by molar-refractivity contribution is 7.80. The summed E-state index contributed by atoms with van der Waals surface area (Å²) in [6, 6.07) is 13.6. The Bertz CT molecular complexity index is 987. The van der Waals surface area contributed by atoms with Crippen molar-refractivity contribution in [1.29, 1.82) is 0 Å². The zero-order valence-electron chi connectivity index (χ0n) is 17.4. The first-order valence-electron chi connectivity index (χ1n) is 9.43. The number of rotatable bonds is 6. The summed E-state index contributed by atoms with van der Waals surface area (Å²) in [7, 11) is 1.55. The standard InChI is InChI=1S/C22H24N4O4S/c1-14(2)20(28)23-17-11-8-16(9-12-17)21(29)25-26-22(31)24-19(27)13-10-15-6-4-5-7-18(15)30-3/h4-14H,1-3H3,(H,23,28)(H,25,29)(H2,24,26,27,31)/b13-10+. The molecule has 0 bridgehead atoms. The average molecular weight is 441 g/mol. The fourth-order valence-electron chi connectivity index (χ4n) is 2.33. The lowest BCUT2D eigenvalue weighted by Crippen LogP contribution is -2.48. The highest BCUT2D eigenvalue weighted by Crippen LogP contribution is 2.18. The van der Waals surface area contributed by atoms with Gasteiger partial charge >= 0.3 is 0 Å². The first-order chi connectivity index (χ1) is 14.8. The SMILES string of the molecule is COc1ccccc1/C=C/C(=O)NC(=S)NNC(=O)c1ccc(NC(=O)C(C)C)cc1. The highest BCUT2D eigenvalue weighted by Gasteiger charge is 2.09. The number of benzene rings is 2. The second kappa shape index (κ2) is 11.5. The maximum atomic E-state index is 12.2. The maximum absolute atomic E-state index is 12.2. The van der Waals surface area contributed by atoms with Crippen LogP contribution >= 0.6 is 12.2 Å². The van der Waals surface area contributed by atoms with Gasteiger partial charge in [0.1, 0.15) is 5.75 Å². The van der Waals surface area contributed by atoms with Crippen LogP contribution in [0.4, 0.5) is 5.69 Å². The molecule has 2 aromatic rings. The Morgan fingerprint density at radius 3 is 2.32 bits per heavy atom. The Labute approximate surface area is 186 Å². The Balaban J connectivity index is 1.82. The summed E-state index contributed by atoms with van der Waals surface area (Å²) in [5.41, 5.74) is 6.54. The number of hydrogen-bond donors (Lipinski definition) is 4. The quantitative estimate of drug-likeness (QED) is 0.312. The number of carbonyl (C=O) groups excluding carboxylic acids is 3. The predicted octanol–water partition coefficient (Wildman–Crippen LogP) is 2.64. The molecule has 0 unspecified atom stereocenters. The number of amides is 3. The second-order valence-electron chi connectivity index (χ2n) is 6.69. The van der Waals surface area contributed by atoms with Crippen LogP contribution in [0.3, 0.4) is 0 Å². The lowest BCUT2D eigenvalue weighted by molar-refractivity contribution is -0.119. The third kappa shape index (κ3) is 7.56. The Hall–Kier alpha value is -3.72. The minimum absolute atomic E-state index is 0.0659. The molecule has 0 atom stereocenters. The molecule has 0 radical (unpaired) electrons.